The average molecular weight is 376 g/mol. The molecule has 4 rings (SSSR count). The van der Waals surface area contributed by atoms with Crippen LogP contribution in [-0.2, 0) is 13.0 Å². The second kappa shape index (κ2) is 8.10. The second-order valence-electron chi connectivity index (χ2n) is 6.58. The molecule has 0 fully saturated rings. The molecule has 28 heavy (non-hydrogen) atoms. The third-order valence-electron chi connectivity index (χ3n) is 4.61. The molecule has 5 nitrogen and oxygen atoms in total. The molecule has 0 amide bonds. The summed E-state index contributed by atoms with van der Waals surface area (Å²) in [5.41, 5.74) is 5.49. The number of rotatable bonds is 7. The standard InChI is InChI=1S/C22H21FN4O/c23-16-1-6-21-15(13-26-22(21)11-16)7-9-24-17-2-4-18(5-3-17)27-19-8-10-25-20(12-19)14-28/h1-6,8,10-13,24,26,28H,7,9,14H2,(H,25,27). The number of halogens is 1. The number of aliphatic hydroxyl groups is 1. The Morgan fingerprint density at radius 1 is 0.964 bits per heavy atom. The lowest BCUT2D eigenvalue weighted by Crippen LogP contribution is -2.04. The number of aromatic amines is 1. The van der Waals surface area contributed by atoms with Gasteiger partial charge in [-0.2, -0.15) is 0 Å². The summed E-state index contributed by atoms with van der Waals surface area (Å²) in [5.74, 6) is -0.230. The summed E-state index contributed by atoms with van der Waals surface area (Å²) in [6.07, 6.45) is 4.45. The first-order chi connectivity index (χ1) is 13.7. The largest absolute Gasteiger partial charge is 0.390 e. The van der Waals surface area contributed by atoms with Crippen LogP contribution in [0.5, 0.6) is 0 Å². The minimum Gasteiger partial charge on any atom is -0.390 e. The molecule has 2 heterocycles. The normalized spacial score (nSPS) is 10.9. The summed E-state index contributed by atoms with van der Waals surface area (Å²) in [4.78, 5) is 7.19. The SMILES string of the molecule is OCc1cc(Nc2ccc(NCCc3c[nH]c4cc(F)ccc34)cc2)ccn1. The van der Waals surface area contributed by atoms with E-state index in [-0.39, 0.29) is 12.4 Å². The van der Waals surface area contributed by atoms with E-state index in [1.807, 2.05) is 48.7 Å². The smallest absolute Gasteiger partial charge is 0.125 e. The molecule has 2 aromatic carbocycles. The van der Waals surface area contributed by atoms with Crippen molar-refractivity contribution in [3.8, 4) is 0 Å². The molecule has 2 aromatic heterocycles. The third-order valence-corrected chi connectivity index (χ3v) is 4.61. The molecular formula is C22H21FN4O. The van der Waals surface area contributed by atoms with Crippen LogP contribution in [0.15, 0.2) is 67.0 Å². The van der Waals surface area contributed by atoms with Gasteiger partial charge in [0.25, 0.3) is 0 Å². The van der Waals surface area contributed by atoms with Gasteiger partial charge in [-0.25, -0.2) is 4.39 Å². The summed E-state index contributed by atoms with van der Waals surface area (Å²) < 4.78 is 13.3. The lowest BCUT2D eigenvalue weighted by Gasteiger charge is -2.10. The van der Waals surface area contributed by atoms with E-state index in [2.05, 4.69) is 20.6 Å². The van der Waals surface area contributed by atoms with Gasteiger partial charge in [0.15, 0.2) is 0 Å². The molecule has 0 aliphatic carbocycles. The van der Waals surface area contributed by atoms with Crippen molar-refractivity contribution in [1.82, 2.24) is 9.97 Å². The fourth-order valence-electron chi connectivity index (χ4n) is 3.19. The summed E-state index contributed by atoms with van der Waals surface area (Å²) in [7, 11) is 0. The van der Waals surface area contributed by atoms with Crippen molar-refractivity contribution in [2.24, 2.45) is 0 Å². The molecule has 0 saturated carbocycles. The van der Waals surface area contributed by atoms with Crippen LogP contribution in [0, 0.1) is 5.82 Å². The highest BCUT2D eigenvalue weighted by Crippen LogP contribution is 2.21. The molecule has 0 aliphatic rings. The van der Waals surface area contributed by atoms with E-state index >= 15 is 0 Å². The van der Waals surface area contributed by atoms with Gasteiger partial charge in [-0.3, -0.25) is 4.98 Å². The van der Waals surface area contributed by atoms with E-state index in [4.69, 9.17) is 5.11 Å². The van der Waals surface area contributed by atoms with Crippen LogP contribution in [0.2, 0.25) is 0 Å². The molecular weight excluding hydrogens is 355 g/mol. The topological polar surface area (TPSA) is 73.0 Å². The number of fused-ring (bicyclic) bond motifs is 1. The first-order valence-electron chi connectivity index (χ1n) is 9.13. The maximum Gasteiger partial charge on any atom is 0.125 e. The molecule has 0 atom stereocenters. The van der Waals surface area contributed by atoms with Crippen molar-refractivity contribution in [2.75, 3.05) is 17.2 Å². The van der Waals surface area contributed by atoms with Crippen LogP contribution >= 0.6 is 0 Å². The summed E-state index contributed by atoms with van der Waals surface area (Å²) in [5, 5.41) is 16.9. The van der Waals surface area contributed by atoms with E-state index in [1.54, 1.807) is 6.20 Å². The van der Waals surface area contributed by atoms with Crippen molar-refractivity contribution in [2.45, 2.75) is 13.0 Å². The van der Waals surface area contributed by atoms with Crippen LogP contribution in [0.25, 0.3) is 10.9 Å². The number of hydrogen-bond donors (Lipinski definition) is 4. The first-order valence-corrected chi connectivity index (χ1v) is 9.13. The van der Waals surface area contributed by atoms with Crippen LogP contribution < -0.4 is 10.6 Å². The maximum atomic E-state index is 13.3. The molecule has 6 heteroatoms. The maximum absolute atomic E-state index is 13.3. The Hall–Kier alpha value is -3.38. The Morgan fingerprint density at radius 3 is 2.61 bits per heavy atom. The van der Waals surface area contributed by atoms with Gasteiger partial charge in [-0.05, 0) is 66.6 Å². The second-order valence-corrected chi connectivity index (χ2v) is 6.58. The van der Waals surface area contributed by atoms with Crippen molar-refractivity contribution in [3.63, 3.8) is 0 Å². The molecule has 4 N–H and O–H groups in total. The quantitative estimate of drug-likeness (QED) is 0.381. The van der Waals surface area contributed by atoms with E-state index in [9.17, 15) is 4.39 Å². The Kier molecular flexibility index (Phi) is 5.21. The van der Waals surface area contributed by atoms with E-state index < -0.39 is 0 Å². The van der Waals surface area contributed by atoms with Gasteiger partial charge in [0.1, 0.15) is 5.82 Å². The lowest BCUT2D eigenvalue weighted by atomic mass is 10.1. The fraction of sp³-hybridized carbons (Fsp3) is 0.136. The highest BCUT2D eigenvalue weighted by Gasteiger charge is 2.04. The molecule has 0 radical (unpaired) electrons. The Bertz CT molecular complexity index is 1080. The predicted octanol–water partition coefficient (Wildman–Crippen LogP) is 4.59. The van der Waals surface area contributed by atoms with Crippen LogP contribution in [0.1, 0.15) is 11.3 Å². The number of H-pyrrole nitrogens is 1. The summed E-state index contributed by atoms with van der Waals surface area (Å²) >= 11 is 0. The van der Waals surface area contributed by atoms with Gasteiger partial charge in [0.05, 0.1) is 12.3 Å². The number of aromatic nitrogens is 2. The summed E-state index contributed by atoms with van der Waals surface area (Å²) in [6.45, 7) is 0.699. The highest BCUT2D eigenvalue weighted by molar-refractivity contribution is 5.83. The van der Waals surface area contributed by atoms with Gasteiger partial charge in [-0.15, -0.1) is 0 Å². The van der Waals surface area contributed by atoms with Crippen molar-refractivity contribution < 1.29 is 9.50 Å². The molecule has 0 spiro atoms. The minimum absolute atomic E-state index is 0.0796. The van der Waals surface area contributed by atoms with Crippen LogP contribution in [0.3, 0.4) is 0 Å². The van der Waals surface area contributed by atoms with E-state index in [0.29, 0.717) is 5.69 Å². The van der Waals surface area contributed by atoms with Gasteiger partial charge >= 0.3 is 0 Å². The minimum atomic E-state index is -0.230. The number of aliphatic hydroxyl groups excluding tert-OH is 1. The Labute approximate surface area is 162 Å². The monoisotopic (exact) mass is 376 g/mol. The number of anilines is 3. The number of nitrogens with zero attached hydrogens (tertiary/aromatic N) is 1. The highest BCUT2D eigenvalue weighted by atomic mass is 19.1. The molecule has 4 aromatic rings. The zero-order valence-electron chi connectivity index (χ0n) is 15.2. The fourth-order valence-corrected chi connectivity index (χ4v) is 3.19. The molecule has 0 saturated heterocycles. The van der Waals surface area contributed by atoms with Crippen molar-refractivity contribution >= 4 is 28.0 Å². The summed E-state index contributed by atoms with van der Waals surface area (Å²) in [6, 6.07) is 16.5. The van der Waals surface area contributed by atoms with Gasteiger partial charge in [0.2, 0.25) is 0 Å². The van der Waals surface area contributed by atoms with E-state index in [0.717, 1.165) is 46.5 Å². The molecule has 0 bridgehead atoms. The molecule has 0 unspecified atom stereocenters. The zero-order valence-corrected chi connectivity index (χ0v) is 15.2. The molecule has 0 aliphatic heterocycles. The van der Waals surface area contributed by atoms with Crippen LogP contribution in [0.4, 0.5) is 21.5 Å². The Morgan fingerprint density at radius 2 is 1.79 bits per heavy atom. The van der Waals surface area contributed by atoms with E-state index in [1.165, 1.54) is 12.1 Å². The first kappa shape index (κ1) is 18.0. The van der Waals surface area contributed by atoms with Crippen LogP contribution in [-0.4, -0.2) is 21.6 Å². The number of nitrogens with one attached hydrogen (secondary N) is 3. The third kappa shape index (κ3) is 4.13. The number of pyridine rings is 1. The van der Waals surface area contributed by atoms with Crippen molar-refractivity contribution in [3.05, 3.63) is 84.1 Å². The Balaban J connectivity index is 1.34. The average Bonchev–Trinajstić information content (AvgIpc) is 3.11. The lowest BCUT2D eigenvalue weighted by molar-refractivity contribution is 0.277. The zero-order chi connectivity index (χ0) is 19.3. The van der Waals surface area contributed by atoms with Gasteiger partial charge < -0.3 is 20.7 Å². The predicted molar refractivity (Wildman–Crippen MR) is 110 cm³/mol. The molecule has 142 valence electrons. The number of benzene rings is 2. The van der Waals surface area contributed by atoms with Crippen molar-refractivity contribution in [1.29, 1.82) is 0 Å². The van der Waals surface area contributed by atoms with Gasteiger partial charge in [0, 0.05) is 46.9 Å². The van der Waals surface area contributed by atoms with Gasteiger partial charge in [-0.1, -0.05) is 0 Å². The number of hydrogen-bond acceptors (Lipinski definition) is 4.